The summed E-state index contributed by atoms with van der Waals surface area (Å²) < 4.78 is 15.9. The molecule has 3 heterocycles. The van der Waals surface area contributed by atoms with Crippen LogP contribution in [0.25, 0.3) is 11.4 Å². The molecule has 134 valence electrons. The normalized spacial score (nSPS) is 17.3. The Labute approximate surface area is 150 Å². The van der Waals surface area contributed by atoms with Gasteiger partial charge < -0.3 is 18.6 Å². The molecule has 0 bridgehead atoms. The van der Waals surface area contributed by atoms with Crippen LogP contribution in [0.15, 0.2) is 51.6 Å². The fraction of sp³-hybridized carbons (Fsp3) is 0.316. The van der Waals surface area contributed by atoms with Crippen LogP contribution < -0.4 is 4.74 Å². The van der Waals surface area contributed by atoms with Crippen molar-refractivity contribution in [3.8, 4) is 17.1 Å². The van der Waals surface area contributed by atoms with Gasteiger partial charge in [0.25, 0.3) is 5.91 Å². The number of aromatic nitrogens is 2. The first kappa shape index (κ1) is 16.4. The minimum absolute atomic E-state index is 0.0227. The number of methoxy groups -OCH3 is 1. The third-order valence-corrected chi connectivity index (χ3v) is 4.56. The zero-order valence-corrected chi connectivity index (χ0v) is 14.4. The van der Waals surface area contributed by atoms with Gasteiger partial charge in [-0.05, 0) is 37.1 Å². The van der Waals surface area contributed by atoms with E-state index in [1.165, 1.54) is 6.26 Å². The number of furan rings is 1. The summed E-state index contributed by atoms with van der Waals surface area (Å²) in [6.45, 7) is 1.24. The Bertz CT molecular complexity index is 888. The van der Waals surface area contributed by atoms with Crippen molar-refractivity contribution in [1.29, 1.82) is 0 Å². The molecule has 0 aliphatic carbocycles. The third-order valence-electron chi connectivity index (χ3n) is 4.56. The molecule has 0 spiro atoms. The summed E-state index contributed by atoms with van der Waals surface area (Å²) in [4.78, 5) is 18.8. The number of piperidine rings is 1. The van der Waals surface area contributed by atoms with Crippen molar-refractivity contribution in [3.05, 3.63) is 54.3 Å². The number of carbonyl (C=O) groups excluding carboxylic acids is 1. The van der Waals surface area contributed by atoms with Crippen LogP contribution in [0.5, 0.6) is 5.75 Å². The van der Waals surface area contributed by atoms with Crippen LogP contribution in [0.3, 0.4) is 0 Å². The van der Waals surface area contributed by atoms with E-state index in [0.717, 1.165) is 24.2 Å². The molecule has 0 radical (unpaired) electrons. The first-order valence-corrected chi connectivity index (χ1v) is 8.55. The molecule has 1 aromatic carbocycles. The minimum atomic E-state index is -0.104. The second-order valence-electron chi connectivity index (χ2n) is 6.26. The van der Waals surface area contributed by atoms with Gasteiger partial charge in [-0.1, -0.05) is 17.3 Å². The van der Waals surface area contributed by atoms with Gasteiger partial charge >= 0.3 is 0 Å². The monoisotopic (exact) mass is 353 g/mol. The molecule has 2 aromatic heterocycles. The van der Waals surface area contributed by atoms with Crippen molar-refractivity contribution in [3.63, 3.8) is 0 Å². The predicted octanol–water partition coefficient (Wildman–Crippen LogP) is 3.36. The Morgan fingerprint density at radius 2 is 2.23 bits per heavy atom. The lowest BCUT2D eigenvalue weighted by molar-refractivity contribution is 0.0663. The molecule has 1 atom stereocenters. The van der Waals surface area contributed by atoms with E-state index in [1.807, 2.05) is 24.3 Å². The van der Waals surface area contributed by atoms with E-state index in [4.69, 9.17) is 13.7 Å². The van der Waals surface area contributed by atoms with Crippen molar-refractivity contribution < 1.29 is 18.5 Å². The lowest BCUT2D eigenvalue weighted by Gasteiger charge is -2.30. The zero-order valence-electron chi connectivity index (χ0n) is 14.4. The van der Waals surface area contributed by atoms with Crippen LogP contribution >= 0.6 is 0 Å². The van der Waals surface area contributed by atoms with Crippen LogP contribution in [0.2, 0.25) is 0 Å². The molecule has 26 heavy (non-hydrogen) atoms. The molecule has 7 heteroatoms. The summed E-state index contributed by atoms with van der Waals surface area (Å²) in [7, 11) is 1.62. The highest BCUT2D eigenvalue weighted by Crippen LogP contribution is 2.29. The molecular formula is C19H19N3O4. The van der Waals surface area contributed by atoms with E-state index < -0.39 is 0 Å². The molecule has 0 saturated carbocycles. The molecule has 3 aromatic rings. The van der Waals surface area contributed by atoms with Gasteiger partial charge in [-0.25, -0.2) is 0 Å². The molecule has 4 rings (SSSR count). The number of nitrogens with zero attached hydrogens (tertiary/aromatic N) is 3. The molecule has 1 fully saturated rings. The lowest BCUT2D eigenvalue weighted by atomic mass is 9.97. The molecule has 7 nitrogen and oxygen atoms in total. The predicted molar refractivity (Wildman–Crippen MR) is 92.9 cm³/mol. The molecule has 1 aliphatic rings. The summed E-state index contributed by atoms with van der Waals surface area (Å²) in [6, 6.07) is 10.9. The lowest BCUT2D eigenvalue weighted by Crippen LogP contribution is -2.39. The smallest absolute Gasteiger partial charge is 0.289 e. The molecule has 1 saturated heterocycles. The standard InChI is InChI=1S/C19H19N3O4/c1-24-15-7-2-5-13(11-15)17-20-18(26-21-17)14-6-3-9-22(12-14)19(23)16-8-4-10-25-16/h2,4-5,7-8,10-11,14H,3,6,9,12H2,1H3. The molecule has 1 amide bonds. The van der Waals surface area contributed by atoms with Crippen molar-refractivity contribution in [2.45, 2.75) is 18.8 Å². The quantitative estimate of drug-likeness (QED) is 0.715. The van der Waals surface area contributed by atoms with Gasteiger partial charge in [-0.15, -0.1) is 0 Å². The van der Waals surface area contributed by atoms with Crippen LogP contribution in [0.1, 0.15) is 35.2 Å². The summed E-state index contributed by atoms with van der Waals surface area (Å²) in [6.07, 6.45) is 3.29. The third kappa shape index (κ3) is 3.20. The van der Waals surface area contributed by atoms with E-state index in [1.54, 1.807) is 24.1 Å². The average molecular weight is 353 g/mol. The van der Waals surface area contributed by atoms with Gasteiger partial charge in [0, 0.05) is 18.7 Å². The van der Waals surface area contributed by atoms with Crippen LogP contribution in [-0.2, 0) is 0 Å². The Hall–Kier alpha value is -3.09. The van der Waals surface area contributed by atoms with E-state index in [0.29, 0.717) is 30.6 Å². The number of hydrogen-bond acceptors (Lipinski definition) is 6. The van der Waals surface area contributed by atoms with Crippen molar-refractivity contribution >= 4 is 5.91 Å². The average Bonchev–Trinajstić information content (AvgIpc) is 3.39. The van der Waals surface area contributed by atoms with E-state index in [-0.39, 0.29) is 11.8 Å². The van der Waals surface area contributed by atoms with E-state index in [2.05, 4.69) is 10.1 Å². The summed E-state index contributed by atoms with van der Waals surface area (Å²) in [5.41, 5.74) is 0.832. The number of likely N-dealkylation sites (tertiary alicyclic amines) is 1. The van der Waals surface area contributed by atoms with Crippen LogP contribution in [0.4, 0.5) is 0 Å². The number of rotatable bonds is 4. The number of carbonyl (C=O) groups is 1. The second kappa shape index (κ2) is 7.03. The first-order chi connectivity index (χ1) is 12.7. The maximum absolute atomic E-state index is 12.5. The van der Waals surface area contributed by atoms with Gasteiger partial charge in [-0.2, -0.15) is 4.98 Å². The Morgan fingerprint density at radius 3 is 3.04 bits per heavy atom. The zero-order chi connectivity index (χ0) is 17.9. The van der Waals surface area contributed by atoms with Crippen LogP contribution in [-0.4, -0.2) is 41.1 Å². The fourth-order valence-corrected chi connectivity index (χ4v) is 3.20. The second-order valence-corrected chi connectivity index (χ2v) is 6.26. The van der Waals surface area contributed by atoms with Crippen molar-refractivity contribution in [2.24, 2.45) is 0 Å². The topological polar surface area (TPSA) is 81.6 Å². The minimum Gasteiger partial charge on any atom is -0.497 e. The molecular weight excluding hydrogens is 334 g/mol. The van der Waals surface area contributed by atoms with Gasteiger partial charge in [0.05, 0.1) is 19.3 Å². The maximum Gasteiger partial charge on any atom is 0.289 e. The largest absolute Gasteiger partial charge is 0.497 e. The van der Waals surface area contributed by atoms with Gasteiger partial charge in [0.2, 0.25) is 11.7 Å². The summed E-state index contributed by atoms with van der Waals surface area (Å²) in [5, 5.41) is 4.09. The molecule has 0 N–H and O–H groups in total. The number of amides is 1. The SMILES string of the molecule is COc1cccc(-c2noc(C3CCCN(C(=O)c4ccco4)C3)n2)c1. The van der Waals surface area contributed by atoms with E-state index >= 15 is 0 Å². The maximum atomic E-state index is 12.5. The highest BCUT2D eigenvalue weighted by molar-refractivity contribution is 5.91. The van der Waals surface area contributed by atoms with Gasteiger partial charge in [0.15, 0.2) is 5.76 Å². The Kier molecular flexibility index (Phi) is 4.43. The van der Waals surface area contributed by atoms with Crippen LogP contribution in [0, 0.1) is 0 Å². The van der Waals surface area contributed by atoms with Crippen molar-refractivity contribution in [1.82, 2.24) is 15.0 Å². The number of hydrogen-bond donors (Lipinski definition) is 0. The van der Waals surface area contributed by atoms with Gasteiger partial charge in [-0.3, -0.25) is 4.79 Å². The number of ether oxygens (including phenoxy) is 1. The fourth-order valence-electron chi connectivity index (χ4n) is 3.20. The summed E-state index contributed by atoms with van der Waals surface area (Å²) in [5.74, 6) is 2.09. The van der Waals surface area contributed by atoms with Gasteiger partial charge in [0.1, 0.15) is 5.75 Å². The molecule has 1 aliphatic heterocycles. The first-order valence-electron chi connectivity index (χ1n) is 8.55. The number of benzene rings is 1. The molecule has 1 unspecified atom stereocenters. The highest BCUT2D eigenvalue weighted by Gasteiger charge is 2.30. The van der Waals surface area contributed by atoms with Crippen molar-refractivity contribution in [2.75, 3.05) is 20.2 Å². The Balaban J connectivity index is 1.51. The highest BCUT2D eigenvalue weighted by atomic mass is 16.5. The Morgan fingerprint density at radius 1 is 1.31 bits per heavy atom. The van der Waals surface area contributed by atoms with E-state index in [9.17, 15) is 4.79 Å². The summed E-state index contributed by atoms with van der Waals surface area (Å²) >= 11 is 0.